The van der Waals surface area contributed by atoms with Crippen LogP contribution >= 0.6 is 0 Å². The van der Waals surface area contributed by atoms with E-state index in [1.165, 1.54) is 13.2 Å². The topological polar surface area (TPSA) is 269 Å². The summed E-state index contributed by atoms with van der Waals surface area (Å²) in [5, 5.41) is 65.3. The van der Waals surface area contributed by atoms with Crippen molar-refractivity contribution in [2.75, 3.05) is 60.3 Å². The number of hydrogen-bond acceptors (Lipinski definition) is 14. The number of aliphatic hydroxyl groups excluding tert-OH is 5. The van der Waals surface area contributed by atoms with Gasteiger partial charge in [0.05, 0.1) is 56.1 Å². The zero-order valence-corrected chi connectivity index (χ0v) is 27.4. The minimum absolute atomic E-state index is 0.0167. The van der Waals surface area contributed by atoms with E-state index >= 15 is 0 Å². The van der Waals surface area contributed by atoms with E-state index in [2.05, 4.69) is 22.2 Å². The lowest BCUT2D eigenvalue weighted by atomic mass is 9.83. The Labute approximate surface area is 283 Å². The van der Waals surface area contributed by atoms with E-state index in [4.69, 9.17) is 34.5 Å². The number of esters is 1. The van der Waals surface area contributed by atoms with Crippen molar-refractivity contribution < 1.29 is 68.8 Å². The highest BCUT2D eigenvalue weighted by atomic mass is 16.8. The molecular weight excluding hydrogens is 650 g/mol. The fourth-order valence-electron chi connectivity index (χ4n) is 5.50. The molecule has 0 aliphatic carbocycles. The van der Waals surface area contributed by atoms with E-state index in [-0.39, 0.29) is 62.4 Å². The predicted molar refractivity (Wildman–Crippen MR) is 171 cm³/mol. The number of nitrogens with one attached hydrogen (secondary N) is 3. The zero-order valence-electron chi connectivity index (χ0n) is 27.4. The van der Waals surface area contributed by atoms with Crippen molar-refractivity contribution in [2.45, 2.75) is 43.4 Å². The molecule has 1 unspecified atom stereocenters. The number of aliphatic imine (C=N–C) groups is 1. The summed E-state index contributed by atoms with van der Waals surface area (Å²) < 4.78 is 28.3. The normalized spacial score (nSPS) is 30.8. The highest BCUT2D eigenvalue weighted by Gasteiger charge is 2.48. The Bertz CT molecular complexity index is 1300. The maximum atomic E-state index is 12.9. The number of carbonyl (C=O) groups is 2. The van der Waals surface area contributed by atoms with E-state index in [9.17, 15) is 35.1 Å². The van der Waals surface area contributed by atoms with E-state index in [1.807, 2.05) is 0 Å². The molecule has 0 amide bonds. The quantitative estimate of drug-likeness (QED) is 0.0172. The molecule has 1 saturated heterocycles. The minimum atomic E-state index is -1.50. The number of ether oxygens (including phenoxy) is 5. The first-order chi connectivity index (χ1) is 23.5. The molecule has 274 valence electrons. The molecule has 0 radical (unpaired) electrons. The van der Waals surface area contributed by atoms with Gasteiger partial charge in [0.25, 0.3) is 0 Å². The summed E-state index contributed by atoms with van der Waals surface area (Å²) in [6.07, 6.45) is -0.133. The lowest BCUT2D eigenvalue weighted by Crippen LogP contribution is -3.09. The van der Waals surface area contributed by atoms with Gasteiger partial charge in [-0.1, -0.05) is 18.2 Å². The van der Waals surface area contributed by atoms with Crippen LogP contribution < -0.4 is 21.3 Å². The molecule has 0 bridgehead atoms. The number of rotatable bonds is 17. The Kier molecular flexibility index (Phi) is 15.8. The van der Waals surface area contributed by atoms with E-state index in [0.717, 1.165) is 6.26 Å². The molecule has 3 aliphatic heterocycles. The van der Waals surface area contributed by atoms with Gasteiger partial charge in [-0.15, -0.1) is 6.58 Å². The number of guanidine groups is 1. The average molecular weight is 699 g/mol. The van der Waals surface area contributed by atoms with Gasteiger partial charge in [0.1, 0.15) is 49.3 Å². The number of hydrogen-bond donors (Lipinski definition) is 10. The SMILES string of the molecule is C=C[C@H]1[C@H](O[C@@H]2O[C@H](CO)[C@@H](O)[C@H](O)[C@H]2OCNC)OC=C(C(=O)OC)[C@H]1/C=C/C1=C[NH+](CCO)CC(C(=O)O)=C1NC(N)=NCCCO. The van der Waals surface area contributed by atoms with Gasteiger partial charge in [0.2, 0.25) is 6.29 Å². The summed E-state index contributed by atoms with van der Waals surface area (Å²) in [4.78, 5) is 30.0. The molecular formula is C31H48N5O13+. The summed E-state index contributed by atoms with van der Waals surface area (Å²) in [7, 11) is 2.80. The van der Waals surface area contributed by atoms with Crippen molar-refractivity contribution >= 4 is 17.9 Å². The Morgan fingerprint density at radius 3 is 2.57 bits per heavy atom. The number of nitrogens with zero attached hydrogens (tertiary/aromatic N) is 1. The Morgan fingerprint density at radius 1 is 1.20 bits per heavy atom. The molecule has 3 aliphatic rings. The Balaban J connectivity index is 2.03. The van der Waals surface area contributed by atoms with E-state index in [0.29, 0.717) is 16.9 Å². The van der Waals surface area contributed by atoms with Crippen molar-refractivity contribution in [1.29, 1.82) is 0 Å². The predicted octanol–water partition coefficient (Wildman–Crippen LogP) is -4.21. The monoisotopic (exact) mass is 698 g/mol. The van der Waals surface area contributed by atoms with Crippen molar-refractivity contribution in [3.63, 3.8) is 0 Å². The van der Waals surface area contributed by atoms with Gasteiger partial charge < -0.3 is 70.3 Å². The standard InChI is InChI=1S/C31H47N5O13/c1-4-18-19(7-6-17-12-36(9-11-38)13-20(27(42)43)23(17)35-31(32)34-8-5-10-37)21(28(44)45-3)15-46-29(18)49-30-26(47-16-33-2)25(41)24(40)22(14-39)48-30/h4,6-7,12,15,18-19,22,24-26,29-30,33,37-41H,1,5,8-11,13-14,16H2,2-3H3,(H,42,43)(H3,32,34,35)/p+1/b7-6+/t18-,19+,22-,24-,25+,26-,29+,30+/m1/s1. The Hall–Kier alpha value is -3.69. The maximum absolute atomic E-state index is 12.9. The summed E-state index contributed by atoms with van der Waals surface area (Å²) >= 11 is 0. The van der Waals surface area contributed by atoms with Gasteiger partial charge in [-0.3, -0.25) is 10.3 Å². The second-order valence-corrected chi connectivity index (χ2v) is 11.3. The molecule has 9 atom stereocenters. The van der Waals surface area contributed by atoms with Gasteiger partial charge in [-0.05, 0) is 13.5 Å². The number of methoxy groups -OCH3 is 1. The van der Waals surface area contributed by atoms with Crippen LogP contribution in [-0.2, 0) is 33.3 Å². The first kappa shape index (κ1) is 39.7. The van der Waals surface area contributed by atoms with Gasteiger partial charge in [-0.25, -0.2) is 9.59 Å². The molecule has 1 fully saturated rings. The summed E-state index contributed by atoms with van der Waals surface area (Å²) in [5.41, 5.74) is 6.57. The fraction of sp³-hybridized carbons (Fsp3) is 0.581. The number of carboxylic acid groups (broad SMARTS) is 1. The molecule has 0 aromatic rings. The third kappa shape index (κ3) is 10.2. The van der Waals surface area contributed by atoms with Crippen molar-refractivity contribution in [2.24, 2.45) is 22.6 Å². The van der Waals surface area contributed by atoms with Crippen molar-refractivity contribution in [3.8, 4) is 0 Å². The second-order valence-electron chi connectivity index (χ2n) is 11.3. The van der Waals surface area contributed by atoms with Gasteiger partial charge in [-0.2, -0.15) is 0 Å². The van der Waals surface area contributed by atoms with Gasteiger partial charge >= 0.3 is 11.9 Å². The highest BCUT2D eigenvalue weighted by Crippen LogP contribution is 2.37. The molecule has 3 rings (SSSR count). The number of quaternary nitrogens is 1. The maximum Gasteiger partial charge on any atom is 0.339 e. The Morgan fingerprint density at radius 2 is 1.96 bits per heavy atom. The van der Waals surface area contributed by atoms with Crippen LogP contribution in [-0.4, -0.2) is 146 Å². The highest BCUT2D eigenvalue weighted by molar-refractivity contribution is 5.92. The first-order valence-electron chi connectivity index (χ1n) is 15.7. The number of aliphatic carboxylic acids is 1. The molecule has 18 nitrogen and oxygen atoms in total. The molecule has 0 saturated carbocycles. The molecule has 0 aromatic carbocycles. The molecule has 0 aromatic heterocycles. The number of aliphatic hydroxyl groups is 5. The van der Waals surface area contributed by atoms with Gasteiger partial charge in [0, 0.05) is 19.1 Å². The van der Waals surface area contributed by atoms with Crippen LogP contribution in [0.5, 0.6) is 0 Å². The van der Waals surface area contributed by atoms with E-state index < -0.39 is 67.4 Å². The van der Waals surface area contributed by atoms with Crippen LogP contribution in [0.1, 0.15) is 6.42 Å². The molecule has 49 heavy (non-hydrogen) atoms. The van der Waals surface area contributed by atoms with Crippen LogP contribution in [0.15, 0.2) is 64.7 Å². The van der Waals surface area contributed by atoms with Gasteiger partial charge in [0.15, 0.2) is 12.2 Å². The van der Waals surface area contributed by atoms with Crippen LogP contribution in [0.25, 0.3) is 0 Å². The zero-order chi connectivity index (χ0) is 36.1. The van der Waals surface area contributed by atoms with Crippen LogP contribution in [0, 0.1) is 11.8 Å². The second kappa shape index (κ2) is 19.5. The lowest BCUT2D eigenvalue weighted by molar-refractivity contribution is -0.843. The number of nitrogens with two attached hydrogens (primary N) is 1. The van der Waals surface area contributed by atoms with Crippen molar-refractivity contribution in [1.82, 2.24) is 10.6 Å². The fourth-order valence-corrected chi connectivity index (χ4v) is 5.50. The molecule has 18 heteroatoms. The molecule has 3 heterocycles. The van der Waals surface area contributed by atoms with Crippen LogP contribution in [0.3, 0.4) is 0 Å². The third-order valence-electron chi connectivity index (χ3n) is 8.00. The minimum Gasteiger partial charge on any atom is -0.478 e. The summed E-state index contributed by atoms with van der Waals surface area (Å²) in [6.45, 7) is 3.31. The van der Waals surface area contributed by atoms with Crippen LogP contribution in [0.4, 0.5) is 0 Å². The van der Waals surface area contributed by atoms with E-state index in [1.54, 1.807) is 25.4 Å². The lowest BCUT2D eigenvalue weighted by Gasteiger charge is -2.44. The van der Waals surface area contributed by atoms with Crippen LogP contribution in [0.2, 0.25) is 0 Å². The number of allylic oxidation sites excluding steroid dienone is 2. The first-order valence-corrected chi connectivity index (χ1v) is 15.7. The number of carbonyl (C=O) groups excluding carboxylic acids is 1. The number of carboxylic acids is 1. The summed E-state index contributed by atoms with van der Waals surface area (Å²) in [5.74, 6) is -3.71. The summed E-state index contributed by atoms with van der Waals surface area (Å²) in [6, 6.07) is 0. The molecule has 11 N–H and O–H groups in total. The third-order valence-corrected chi connectivity index (χ3v) is 8.00. The smallest absolute Gasteiger partial charge is 0.339 e. The average Bonchev–Trinajstić information content (AvgIpc) is 3.09. The molecule has 0 spiro atoms. The van der Waals surface area contributed by atoms with Crippen molar-refractivity contribution in [3.05, 3.63) is 59.7 Å². The largest absolute Gasteiger partial charge is 0.478 e.